The molecule has 2 aromatic rings. The van der Waals surface area contributed by atoms with Crippen LogP contribution in [0.1, 0.15) is 23.3 Å². The van der Waals surface area contributed by atoms with Crippen molar-refractivity contribution in [2.75, 3.05) is 13.1 Å². The zero-order valence-electron chi connectivity index (χ0n) is 16.2. The molecule has 0 spiro atoms. The molecule has 2 heterocycles. The van der Waals surface area contributed by atoms with Crippen molar-refractivity contribution in [3.8, 4) is 0 Å². The summed E-state index contributed by atoms with van der Waals surface area (Å²) in [5.74, 6) is -1.16. The van der Waals surface area contributed by atoms with Crippen molar-refractivity contribution in [2.45, 2.75) is 25.8 Å². The first-order valence-electron chi connectivity index (χ1n) is 9.98. The van der Waals surface area contributed by atoms with Crippen LogP contribution in [0, 0.1) is 11.8 Å². The third kappa shape index (κ3) is 4.32. The summed E-state index contributed by atoms with van der Waals surface area (Å²) in [5.41, 5.74) is 1.15. The molecule has 2 aliphatic rings. The monoisotopic (exact) mass is 408 g/mol. The molecule has 150 valence electrons. The zero-order valence-corrected chi connectivity index (χ0v) is 17.0. The second-order valence-electron chi connectivity index (χ2n) is 7.55. The minimum absolute atomic E-state index is 0.162. The third-order valence-corrected chi connectivity index (χ3v) is 6.55. The summed E-state index contributed by atoms with van der Waals surface area (Å²) in [5, 5.41) is 1.99. The van der Waals surface area contributed by atoms with Gasteiger partial charge in [-0.15, -0.1) is 11.3 Å². The maximum absolute atomic E-state index is 13.1. The summed E-state index contributed by atoms with van der Waals surface area (Å²) >= 11 is 1.60. The van der Waals surface area contributed by atoms with Gasteiger partial charge in [0.05, 0.1) is 18.4 Å². The Kier molecular flexibility index (Phi) is 5.90. The van der Waals surface area contributed by atoms with Gasteiger partial charge in [-0.1, -0.05) is 48.6 Å². The molecule has 1 aliphatic carbocycles. The number of thiophene rings is 1. The highest BCUT2D eigenvalue weighted by atomic mass is 32.1. The van der Waals surface area contributed by atoms with E-state index >= 15 is 0 Å². The van der Waals surface area contributed by atoms with E-state index in [0.29, 0.717) is 25.9 Å². The third-order valence-electron chi connectivity index (χ3n) is 5.68. The van der Waals surface area contributed by atoms with Crippen LogP contribution in [0.2, 0.25) is 0 Å². The van der Waals surface area contributed by atoms with E-state index in [0.717, 1.165) is 16.9 Å². The fourth-order valence-electron chi connectivity index (χ4n) is 4.05. The molecule has 0 radical (unpaired) electrons. The molecular weight excluding hydrogens is 384 g/mol. The molecule has 0 bridgehead atoms. The summed E-state index contributed by atoms with van der Waals surface area (Å²) in [6.07, 6.45) is 5.83. The van der Waals surface area contributed by atoms with Crippen molar-refractivity contribution in [3.05, 3.63) is 70.4 Å². The molecule has 6 heteroatoms. The van der Waals surface area contributed by atoms with Crippen molar-refractivity contribution >= 4 is 29.1 Å². The average Bonchev–Trinajstić information content (AvgIpc) is 3.35. The molecule has 1 aromatic carbocycles. The van der Waals surface area contributed by atoms with E-state index in [2.05, 4.69) is 0 Å². The maximum atomic E-state index is 13.1. The smallest absolute Gasteiger partial charge is 0.243 e. The molecule has 2 atom stereocenters. The van der Waals surface area contributed by atoms with Gasteiger partial charge in [0.15, 0.2) is 0 Å². The number of hydrogen-bond donors (Lipinski definition) is 0. The Labute approximate surface area is 174 Å². The molecule has 1 fully saturated rings. The molecule has 1 saturated heterocycles. The minimum atomic E-state index is -0.296. The lowest BCUT2D eigenvalue weighted by Gasteiger charge is -2.25. The molecular formula is C23H24N2O3S. The van der Waals surface area contributed by atoms with Gasteiger partial charge in [0, 0.05) is 11.4 Å². The van der Waals surface area contributed by atoms with Gasteiger partial charge in [-0.2, -0.15) is 0 Å². The van der Waals surface area contributed by atoms with Crippen molar-refractivity contribution in [3.63, 3.8) is 0 Å². The van der Waals surface area contributed by atoms with Crippen molar-refractivity contribution < 1.29 is 14.4 Å². The van der Waals surface area contributed by atoms with Gasteiger partial charge in [0.1, 0.15) is 6.54 Å². The lowest BCUT2D eigenvalue weighted by atomic mass is 9.85. The summed E-state index contributed by atoms with van der Waals surface area (Å²) in [7, 11) is 0. The van der Waals surface area contributed by atoms with Gasteiger partial charge in [-0.3, -0.25) is 19.3 Å². The topological polar surface area (TPSA) is 57.7 Å². The van der Waals surface area contributed by atoms with E-state index in [-0.39, 0.29) is 36.1 Å². The minimum Gasteiger partial charge on any atom is -0.336 e. The Bertz CT molecular complexity index is 881. The van der Waals surface area contributed by atoms with E-state index in [4.69, 9.17) is 0 Å². The van der Waals surface area contributed by atoms with Crippen molar-refractivity contribution in [2.24, 2.45) is 11.8 Å². The molecule has 29 heavy (non-hydrogen) atoms. The standard InChI is InChI=1S/C23H24N2O3S/c26-21(16-25-22(27)19-10-4-5-11-20(19)23(25)28)24(15-18-9-6-14-29-18)13-12-17-7-2-1-3-8-17/h1-9,14,19-20H,10-13,15-16H2/t19-,20+. The molecule has 5 nitrogen and oxygen atoms in total. The lowest BCUT2D eigenvalue weighted by Crippen LogP contribution is -2.43. The molecule has 1 aliphatic heterocycles. The Morgan fingerprint density at radius 3 is 2.31 bits per heavy atom. The van der Waals surface area contributed by atoms with Crippen molar-refractivity contribution in [1.82, 2.24) is 9.80 Å². The van der Waals surface area contributed by atoms with Crippen LogP contribution in [-0.2, 0) is 27.3 Å². The van der Waals surface area contributed by atoms with Crippen LogP contribution in [-0.4, -0.2) is 40.6 Å². The van der Waals surface area contributed by atoms with E-state index in [1.165, 1.54) is 4.90 Å². The first kappa shape index (κ1) is 19.6. The number of allylic oxidation sites excluding steroid dienone is 2. The number of carbonyl (C=O) groups is 3. The average molecular weight is 409 g/mol. The fourth-order valence-corrected chi connectivity index (χ4v) is 4.77. The summed E-state index contributed by atoms with van der Waals surface area (Å²) in [4.78, 5) is 42.6. The SMILES string of the molecule is O=C(CN1C(=O)[C@H]2CC=CC[C@H]2C1=O)N(CCc1ccccc1)Cc1cccs1. The number of amides is 3. The number of likely N-dealkylation sites (tertiary alicyclic amines) is 1. The van der Waals surface area contributed by atoms with Gasteiger partial charge in [0.2, 0.25) is 17.7 Å². The lowest BCUT2D eigenvalue weighted by molar-refractivity contribution is -0.146. The van der Waals surface area contributed by atoms with Gasteiger partial charge in [0.25, 0.3) is 0 Å². The van der Waals surface area contributed by atoms with Crippen LogP contribution in [0.5, 0.6) is 0 Å². The summed E-state index contributed by atoms with van der Waals surface area (Å²) in [6, 6.07) is 14.0. The fraction of sp³-hybridized carbons (Fsp3) is 0.348. The van der Waals surface area contributed by atoms with E-state index in [1.807, 2.05) is 60.0 Å². The van der Waals surface area contributed by atoms with Crippen LogP contribution in [0.4, 0.5) is 0 Å². The quantitative estimate of drug-likeness (QED) is 0.522. The van der Waals surface area contributed by atoms with Crippen LogP contribution < -0.4 is 0 Å². The number of rotatable bonds is 7. The first-order valence-corrected chi connectivity index (χ1v) is 10.9. The summed E-state index contributed by atoms with van der Waals surface area (Å²) < 4.78 is 0. The van der Waals surface area contributed by atoms with Crippen LogP contribution in [0.25, 0.3) is 0 Å². The molecule has 0 N–H and O–H groups in total. The molecule has 1 aromatic heterocycles. The largest absolute Gasteiger partial charge is 0.336 e. The maximum Gasteiger partial charge on any atom is 0.243 e. The number of hydrogen-bond acceptors (Lipinski definition) is 4. The first-order chi connectivity index (χ1) is 14.1. The zero-order chi connectivity index (χ0) is 20.2. The number of fused-ring (bicyclic) bond motifs is 1. The second-order valence-corrected chi connectivity index (χ2v) is 8.58. The summed E-state index contributed by atoms with van der Waals surface area (Å²) in [6.45, 7) is 0.879. The van der Waals surface area contributed by atoms with E-state index in [9.17, 15) is 14.4 Å². The van der Waals surface area contributed by atoms with Gasteiger partial charge < -0.3 is 4.90 Å². The highest BCUT2D eigenvalue weighted by molar-refractivity contribution is 7.09. The Morgan fingerprint density at radius 2 is 1.69 bits per heavy atom. The number of nitrogens with zero attached hydrogens (tertiary/aromatic N) is 2. The van der Waals surface area contributed by atoms with Gasteiger partial charge in [-0.05, 0) is 36.3 Å². The van der Waals surface area contributed by atoms with E-state index < -0.39 is 0 Å². The Hall–Kier alpha value is -2.73. The van der Waals surface area contributed by atoms with Crippen LogP contribution >= 0.6 is 11.3 Å². The predicted molar refractivity (Wildman–Crippen MR) is 112 cm³/mol. The Balaban J connectivity index is 1.45. The van der Waals surface area contributed by atoms with Gasteiger partial charge >= 0.3 is 0 Å². The van der Waals surface area contributed by atoms with Gasteiger partial charge in [-0.25, -0.2) is 0 Å². The number of imide groups is 1. The number of carbonyl (C=O) groups excluding carboxylic acids is 3. The molecule has 0 unspecified atom stereocenters. The highest BCUT2D eigenvalue weighted by Crippen LogP contribution is 2.35. The molecule has 3 amide bonds. The number of benzene rings is 1. The highest BCUT2D eigenvalue weighted by Gasteiger charge is 2.47. The van der Waals surface area contributed by atoms with Crippen LogP contribution in [0.3, 0.4) is 0 Å². The predicted octanol–water partition coefficient (Wildman–Crippen LogP) is 3.27. The molecule has 4 rings (SSSR count). The van der Waals surface area contributed by atoms with Crippen molar-refractivity contribution in [1.29, 1.82) is 0 Å². The van der Waals surface area contributed by atoms with Crippen LogP contribution in [0.15, 0.2) is 60.0 Å². The second kappa shape index (κ2) is 8.74. The Morgan fingerprint density at radius 1 is 1.00 bits per heavy atom. The van der Waals surface area contributed by atoms with E-state index in [1.54, 1.807) is 16.2 Å². The normalized spacial score (nSPS) is 20.8. The molecule has 0 saturated carbocycles.